The molecule has 0 N–H and O–H groups in total. The fourth-order valence-electron chi connectivity index (χ4n) is 3.57. The maximum Gasteiger partial charge on any atom is 0.328 e. The first kappa shape index (κ1) is 24.5. The Kier molecular flexibility index (Phi) is 8.16. The van der Waals surface area contributed by atoms with E-state index in [0.717, 1.165) is 5.56 Å². The zero-order chi connectivity index (χ0) is 23.3. The maximum absolute atomic E-state index is 12.7. The highest BCUT2D eigenvalue weighted by atomic mass is 35.5. The van der Waals surface area contributed by atoms with Gasteiger partial charge in [-0.05, 0) is 48.9 Å². The summed E-state index contributed by atoms with van der Waals surface area (Å²) >= 11 is 11.8. The van der Waals surface area contributed by atoms with Crippen molar-refractivity contribution in [2.24, 2.45) is 0 Å². The van der Waals surface area contributed by atoms with E-state index in [-0.39, 0.29) is 17.5 Å². The van der Waals surface area contributed by atoms with Gasteiger partial charge in [0.1, 0.15) is 11.8 Å². The lowest BCUT2D eigenvalue weighted by molar-refractivity contribution is -0.151. The Hall–Kier alpha value is -2.13. The monoisotopic (exact) mass is 498 g/mol. The molecule has 0 aromatic heterocycles. The molecule has 1 unspecified atom stereocenters. The summed E-state index contributed by atoms with van der Waals surface area (Å²) < 4.78 is 30.4. The molecule has 172 valence electrons. The number of rotatable bonds is 7. The van der Waals surface area contributed by atoms with Crippen LogP contribution in [0.25, 0.3) is 0 Å². The van der Waals surface area contributed by atoms with Crippen molar-refractivity contribution in [3.63, 3.8) is 0 Å². The minimum absolute atomic E-state index is 0.0546. The maximum atomic E-state index is 12.7. The molecule has 1 atom stereocenters. The molecule has 0 spiro atoms. The van der Waals surface area contributed by atoms with Gasteiger partial charge in [-0.1, -0.05) is 35.3 Å². The molecule has 1 fully saturated rings. The predicted octanol–water partition coefficient (Wildman–Crippen LogP) is 3.22. The van der Waals surface area contributed by atoms with Crippen molar-refractivity contribution < 1.29 is 22.7 Å². The SMILES string of the molecule is CCOC(=O)C(c1ccc(Cl)cc1)N1CCN(C(=O)CS(=O)(=O)c2ccc(Cl)cc2)CC1. The Labute approximate surface area is 197 Å². The van der Waals surface area contributed by atoms with Crippen LogP contribution in [0.3, 0.4) is 0 Å². The lowest BCUT2D eigenvalue weighted by Crippen LogP contribution is -2.52. The average molecular weight is 499 g/mol. The number of ether oxygens (including phenoxy) is 1. The van der Waals surface area contributed by atoms with Crippen molar-refractivity contribution in [3.8, 4) is 0 Å². The molecule has 0 saturated carbocycles. The summed E-state index contributed by atoms with van der Waals surface area (Å²) in [5, 5.41) is 0.983. The Bertz CT molecular complexity index is 1050. The fraction of sp³-hybridized carbons (Fsp3) is 0.364. The van der Waals surface area contributed by atoms with Crippen molar-refractivity contribution in [2.75, 3.05) is 38.5 Å². The number of hydrogen-bond donors (Lipinski definition) is 0. The number of carbonyl (C=O) groups excluding carboxylic acids is 2. The van der Waals surface area contributed by atoms with Gasteiger partial charge in [0.2, 0.25) is 5.91 Å². The Morgan fingerprint density at radius 3 is 2.00 bits per heavy atom. The number of benzene rings is 2. The van der Waals surface area contributed by atoms with Gasteiger partial charge in [0.05, 0.1) is 11.5 Å². The molecule has 0 aliphatic carbocycles. The highest BCUT2D eigenvalue weighted by molar-refractivity contribution is 7.92. The number of halogens is 2. The van der Waals surface area contributed by atoms with Crippen LogP contribution in [0.1, 0.15) is 18.5 Å². The van der Waals surface area contributed by atoms with Crippen molar-refractivity contribution in [1.29, 1.82) is 0 Å². The minimum atomic E-state index is -3.77. The summed E-state index contributed by atoms with van der Waals surface area (Å²) in [7, 11) is -3.77. The second kappa shape index (κ2) is 10.7. The third kappa shape index (κ3) is 6.01. The van der Waals surface area contributed by atoms with Gasteiger partial charge in [0.15, 0.2) is 9.84 Å². The molecule has 1 aliphatic rings. The zero-order valence-corrected chi connectivity index (χ0v) is 19.9. The average Bonchev–Trinajstić information content (AvgIpc) is 2.76. The predicted molar refractivity (Wildman–Crippen MR) is 122 cm³/mol. The first-order chi connectivity index (χ1) is 15.2. The molecule has 1 amide bonds. The minimum Gasteiger partial charge on any atom is -0.465 e. The summed E-state index contributed by atoms with van der Waals surface area (Å²) in [5.41, 5.74) is 0.748. The van der Waals surface area contributed by atoms with Crippen LogP contribution in [0.2, 0.25) is 10.0 Å². The van der Waals surface area contributed by atoms with Crippen LogP contribution >= 0.6 is 23.2 Å². The van der Waals surface area contributed by atoms with E-state index in [0.29, 0.717) is 36.2 Å². The molecule has 0 bridgehead atoms. The molecule has 2 aromatic rings. The van der Waals surface area contributed by atoms with Gasteiger partial charge in [-0.15, -0.1) is 0 Å². The second-order valence-corrected chi connectivity index (χ2v) is 10.2. The fourth-order valence-corrected chi connectivity index (χ4v) is 5.05. The van der Waals surface area contributed by atoms with Crippen LogP contribution in [-0.4, -0.2) is 68.6 Å². The summed E-state index contributed by atoms with van der Waals surface area (Å²) in [6.45, 7) is 3.41. The molecule has 0 radical (unpaired) electrons. The molecule has 32 heavy (non-hydrogen) atoms. The zero-order valence-electron chi connectivity index (χ0n) is 17.5. The molecule has 1 heterocycles. The van der Waals surface area contributed by atoms with Gasteiger partial charge in [0, 0.05) is 36.2 Å². The highest BCUT2D eigenvalue weighted by Crippen LogP contribution is 2.26. The summed E-state index contributed by atoms with van der Waals surface area (Å²) in [6, 6.07) is 12.1. The summed E-state index contributed by atoms with van der Waals surface area (Å²) in [6.07, 6.45) is 0. The van der Waals surface area contributed by atoms with Crippen LogP contribution in [0.4, 0.5) is 0 Å². The van der Waals surface area contributed by atoms with Crippen LogP contribution in [0, 0.1) is 0 Å². The number of carbonyl (C=O) groups is 2. The number of sulfone groups is 1. The van der Waals surface area contributed by atoms with E-state index in [9.17, 15) is 18.0 Å². The van der Waals surface area contributed by atoms with E-state index in [1.165, 1.54) is 29.2 Å². The summed E-state index contributed by atoms with van der Waals surface area (Å²) in [4.78, 5) is 28.8. The van der Waals surface area contributed by atoms with E-state index < -0.39 is 27.5 Å². The molecule has 7 nitrogen and oxygen atoms in total. The largest absolute Gasteiger partial charge is 0.465 e. The summed E-state index contributed by atoms with van der Waals surface area (Å²) in [5.74, 6) is -1.47. The molecule has 3 rings (SSSR count). The number of nitrogens with zero attached hydrogens (tertiary/aromatic N) is 2. The van der Waals surface area contributed by atoms with E-state index in [2.05, 4.69) is 0 Å². The lowest BCUT2D eigenvalue weighted by atomic mass is 10.0. The van der Waals surface area contributed by atoms with Crippen molar-refractivity contribution in [3.05, 3.63) is 64.1 Å². The number of hydrogen-bond acceptors (Lipinski definition) is 6. The van der Waals surface area contributed by atoms with Gasteiger partial charge in [-0.3, -0.25) is 9.69 Å². The Morgan fingerprint density at radius 2 is 1.47 bits per heavy atom. The highest BCUT2D eigenvalue weighted by Gasteiger charge is 2.33. The van der Waals surface area contributed by atoms with Crippen LogP contribution in [0.15, 0.2) is 53.4 Å². The van der Waals surface area contributed by atoms with Crippen LogP contribution in [0.5, 0.6) is 0 Å². The second-order valence-electron chi connectivity index (χ2n) is 7.34. The molecular weight excluding hydrogens is 475 g/mol. The van der Waals surface area contributed by atoms with Gasteiger partial charge in [0.25, 0.3) is 0 Å². The number of piperazine rings is 1. The smallest absolute Gasteiger partial charge is 0.328 e. The van der Waals surface area contributed by atoms with Gasteiger partial charge < -0.3 is 9.64 Å². The Balaban J connectivity index is 1.66. The molecule has 10 heteroatoms. The normalized spacial score (nSPS) is 15.9. The molecule has 1 saturated heterocycles. The molecular formula is C22H24Cl2N2O5S. The van der Waals surface area contributed by atoms with Crippen LogP contribution < -0.4 is 0 Å². The third-order valence-electron chi connectivity index (χ3n) is 5.21. The van der Waals surface area contributed by atoms with Gasteiger partial charge in [-0.2, -0.15) is 0 Å². The number of amides is 1. The van der Waals surface area contributed by atoms with Gasteiger partial charge >= 0.3 is 5.97 Å². The quantitative estimate of drug-likeness (QED) is 0.544. The molecule has 2 aromatic carbocycles. The van der Waals surface area contributed by atoms with Crippen molar-refractivity contribution in [2.45, 2.75) is 17.9 Å². The van der Waals surface area contributed by atoms with Crippen molar-refractivity contribution >= 4 is 44.9 Å². The van der Waals surface area contributed by atoms with E-state index in [4.69, 9.17) is 27.9 Å². The first-order valence-electron chi connectivity index (χ1n) is 10.1. The molecule has 1 aliphatic heterocycles. The third-order valence-corrected chi connectivity index (χ3v) is 7.34. The topological polar surface area (TPSA) is 84.0 Å². The van der Waals surface area contributed by atoms with Crippen molar-refractivity contribution in [1.82, 2.24) is 9.80 Å². The van der Waals surface area contributed by atoms with E-state index in [1.54, 1.807) is 31.2 Å². The van der Waals surface area contributed by atoms with E-state index >= 15 is 0 Å². The standard InChI is InChI=1S/C22H24Cl2N2O5S/c1-2-31-22(28)21(16-3-5-17(23)6-4-16)26-13-11-25(12-14-26)20(27)15-32(29,30)19-9-7-18(24)8-10-19/h3-10,21H,2,11-15H2,1H3. The lowest BCUT2D eigenvalue weighted by Gasteiger charge is -2.38. The number of esters is 1. The van der Waals surface area contributed by atoms with Crippen LogP contribution in [-0.2, 0) is 24.2 Å². The van der Waals surface area contributed by atoms with E-state index in [1.807, 2.05) is 4.90 Å². The van der Waals surface area contributed by atoms with Gasteiger partial charge in [-0.25, -0.2) is 13.2 Å². The first-order valence-corrected chi connectivity index (χ1v) is 12.5. The Morgan fingerprint density at radius 1 is 0.938 bits per heavy atom.